The highest BCUT2D eigenvalue weighted by atomic mass is 32.1. The molecule has 92 valence electrons. The third-order valence-corrected chi connectivity index (χ3v) is 4.16. The number of hydrogen-bond acceptors (Lipinski definition) is 3. The van der Waals surface area contributed by atoms with Crippen molar-refractivity contribution in [2.24, 2.45) is 0 Å². The lowest BCUT2D eigenvalue weighted by Crippen LogP contribution is -2.28. The summed E-state index contributed by atoms with van der Waals surface area (Å²) < 4.78 is 1.86. The van der Waals surface area contributed by atoms with Gasteiger partial charge in [-0.15, -0.1) is 0 Å². The van der Waals surface area contributed by atoms with Crippen LogP contribution < -0.4 is 4.52 Å². The average molecular weight is 266 g/mol. The van der Waals surface area contributed by atoms with Crippen LogP contribution in [-0.2, 0) is 0 Å². The molecule has 0 atom stereocenters. The largest absolute Gasteiger partial charge is 0.313 e. The number of pyridine rings is 1. The molecule has 0 unspecified atom stereocenters. The molecule has 19 heavy (non-hydrogen) atoms. The summed E-state index contributed by atoms with van der Waals surface area (Å²) >= 11 is 1.56. The third kappa shape index (κ3) is 1.88. The number of aryl methyl sites for hydroxylation is 2. The fourth-order valence-electron chi connectivity index (χ4n) is 2.14. The zero-order chi connectivity index (χ0) is 13.4. The number of nitriles is 1. The molecule has 3 nitrogen and oxygen atoms in total. The van der Waals surface area contributed by atoms with Gasteiger partial charge in [0.05, 0.1) is 0 Å². The molecule has 0 bridgehead atoms. The number of hydrogen-bond donors (Lipinski definition) is 0. The Bertz CT molecular complexity index is 798. The van der Waals surface area contributed by atoms with E-state index in [1.807, 2.05) is 54.8 Å². The number of fused-ring (bicyclic) bond motifs is 1. The molecule has 0 saturated heterocycles. The van der Waals surface area contributed by atoms with Gasteiger partial charge in [0.15, 0.2) is 5.01 Å². The number of rotatable bonds is 1. The van der Waals surface area contributed by atoms with Gasteiger partial charge in [0, 0.05) is 23.7 Å². The molecule has 0 amide bonds. The van der Waals surface area contributed by atoms with Crippen LogP contribution in [0.2, 0.25) is 0 Å². The number of aromatic nitrogens is 2. The molecule has 1 aromatic carbocycles. The highest BCUT2D eigenvalue weighted by molar-refractivity contribution is 7.19. The maximum Gasteiger partial charge on any atom is 0.313 e. The molecule has 2 heterocycles. The highest BCUT2D eigenvalue weighted by Crippen LogP contribution is 2.26. The summed E-state index contributed by atoms with van der Waals surface area (Å²) in [5.41, 5.74) is 3.84. The second-order valence-corrected chi connectivity index (χ2v) is 5.42. The summed E-state index contributed by atoms with van der Waals surface area (Å²) in [6.07, 6.45) is 0. The summed E-state index contributed by atoms with van der Waals surface area (Å²) in [6.45, 7) is 3.98. The Morgan fingerprint density at radius 2 is 1.95 bits per heavy atom. The van der Waals surface area contributed by atoms with Crippen LogP contribution in [0.4, 0.5) is 0 Å². The maximum absolute atomic E-state index is 9.30. The zero-order valence-corrected chi connectivity index (χ0v) is 11.5. The van der Waals surface area contributed by atoms with Gasteiger partial charge in [-0.3, -0.25) is 0 Å². The Kier molecular flexibility index (Phi) is 2.77. The molecule has 3 rings (SSSR count). The standard InChI is InChI=1S/C15H12N3S/c1-10-8-11(2)18-15(13(10)9-16)19-14(17-18)12-6-4-3-5-7-12/h3-8H,1-2H3/q+1. The minimum absolute atomic E-state index is 0.713. The quantitative estimate of drug-likeness (QED) is 0.635. The summed E-state index contributed by atoms with van der Waals surface area (Å²) in [4.78, 5) is 0.916. The Labute approximate surface area is 115 Å². The first-order chi connectivity index (χ1) is 9.20. The Morgan fingerprint density at radius 3 is 2.63 bits per heavy atom. The fourth-order valence-corrected chi connectivity index (χ4v) is 3.28. The van der Waals surface area contributed by atoms with Crippen molar-refractivity contribution in [1.82, 2.24) is 5.10 Å². The van der Waals surface area contributed by atoms with Gasteiger partial charge in [0.2, 0.25) is 5.69 Å². The van der Waals surface area contributed by atoms with Crippen LogP contribution in [0.5, 0.6) is 0 Å². The molecule has 0 aliphatic heterocycles. The van der Waals surface area contributed by atoms with Crippen LogP contribution in [0.3, 0.4) is 0 Å². The number of benzene rings is 1. The SMILES string of the molecule is Cc1cc(C)[n+]2nc(-c3ccccc3)sc2c1C#N. The molecule has 3 aromatic rings. The highest BCUT2D eigenvalue weighted by Gasteiger charge is 2.22. The molecule has 4 heteroatoms. The lowest BCUT2D eigenvalue weighted by Gasteiger charge is -1.93. The first-order valence-electron chi connectivity index (χ1n) is 5.99. The summed E-state index contributed by atoms with van der Waals surface area (Å²) in [6, 6.07) is 14.3. The molecule has 0 aliphatic rings. The fraction of sp³-hybridized carbons (Fsp3) is 0.133. The average Bonchev–Trinajstić information content (AvgIpc) is 2.85. The molecule has 0 fully saturated rings. The van der Waals surface area contributed by atoms with E-state index in [9.17, 15) is 5.26 Å². The van der Waals surface area contributed by atoms with Crippen molar-refractivity contribution in [2.75, 3.05) is 0 Å². The van der Waals surface area contributed by atoms with E-state index >= 15 is 0 Å². The lowest BCUT2D eigenvalue weighted by molar-refractivity contribution is -0.582. The van der Waals surface area contributed by atoms with E-state index in [0.717, 1.165) is 26.7 Å². The van der Waals surface area contributed by atoms with E-state index < -0.39 is 0 Å². The summed E-state index contributed by atoms with van der Waals surface area (Å²) in [5.74, 6) is 0. The van der Waals surface area contributed by atoms with Gasteiger partial charge in [0.25, 0.3) is 0 Å². The van der Waals surface area contributed by atoms with Crippen LogP contribution >= 0.6 is 11.3 Å². The van der Waals surface area contributed by atoms with Crippen LogP contribution in [0.1, 0.15) is 16.8 Å². The normalized spacial score (nSPS) is 10.6. The van der Waals surface area contributed by atoms with Crippen molar-refractivity contribution in [3.8, 4) is 16.6 Å². The van der Waals surface area contributed by atoms with Gasteiger partial charge in [-0.25, -0.2) is 0 Å². The molecule has 0 spiro atoms. The molecule has 0 saturated carbocycles. The van der Waals surface area contributed by atoms with Crippen molar-refractivity contribution >= 4 is 16.2 Å². The first kappa shape index (κ1) is 11.8. The minimum atomic E-state index is 0.713. The minimum Gasteiger partial charge on any atom is -0.192 e. The van der Waals surface area contributed by atoms with Crippen LogP contribution in [-0.4, -0.2) is 5.10 Å². The first-order valence-corrected chi connectivity index (χ1v) is 6.81. The van der Waals surface area contributed by atoms with Crippen molar-refractivity contribution in [1.29, 1.82) is 5.26 Å². The van der Waals surface area contributed by atoms with E-state index in [0.29, 0.717) is 5.56 Å². The Balaban J connectivity index is 2.33. The van der Waals surface area contributed by atoms with Crippen LogP contribution in [0, 0.1) is 25.2 Å². The van der Waals surface area contributed by atoms with Crippen LogP contribution in [0.25, 0.3) is 15.4 Å². The second kappa shape index (κ2) is 4.45. The lowest BCUT2D eigenvalue weighted by atomic mass is 10.1. The third-order valence-electron chi connectivity index (χ3n) is 3.08. The van der Waals surface area contributed by atoms with Crippen LogP contribution in [0.15, 0.2) is 36.4 Å². The van der Waals surface area contributed by atoms with Crippen molar-refractivity contribution in [2.45, 2.75) is 13.8 Å². The zero-order valence-electron chi connectivity index (χ0n) is 10.7. The molecule has 0 N–H and O–H groups in total. The molecule has 2 aromatic heterocycles. The van der Waals surface area contributed by atoms with E-state index in [2.05, 4.69) is 11.2 Å². The Morgan fingerprint density at radius 1 is 1.21 bits per heavy atom. The van der Waals surface area contributed by atoms with Gasteiger partial charge >= 0.3 is 4.83 Å². The predicted octanol–water partition coefficient (Wildman–Crippen LogP) is 3.04. The van der Waals surface area contributed by atoms with Crippen molar-refractivity contribution < 1.29 is 4.52 Å². The van der Waals surface area contributed by atoms with E-state index in [1.165, 1.54) is 0 Å². The second-order valence-electron chi connectivity index (χ2n) is 4.45. The van der Waals surface area contributed by atoms with E-state index in [4.69, 9.17) is 0 Å². The molecular weight excluding hydrogens is 254 g/mol. The van der Waals surface area contributed by atoms with Crippen molar-refractivity contribution in [3.05, 3.63) is 53.2 Å². The van der Waals surface area contributed by atoms with E-state index in [-0.39, 0.29) is 0 Å². The van der Waals surface area contributed by atoms with Gasteiger partial charge in [0.1, 0.15) is 11.6 Å². The smallest absolute Gasteiger partial charge is 0.192 e. The van der Waals surface area contributed by atoms with E-state index in [1.54, 1.807) is 11.3 Å². The predicted molar refractivity (Wildman–Crippen MR) is 74.9 cm³/mol. The maximum atomic E-state index is 9.30. The van der Waals surface area contributed by atoms with Gasteiger partial charge in [-0.05, 0) is 28.3 Å². The number of nitrogens with zero attached hydrogens (tertiary/aromatic N) is 3. The summed E-state index contributed by atoms with van der Waals surface area (Å²) in [7, 11) is 0. The topological polar surface area (TPSA) is 40.8 Å². The monoisotopic (exact) mass is 266 g/mol. The van der Waals surface area contributed by atoms with Gasteiger partial charge in [-0.2, -0.15) is 5.26 Å². The summed E-state index contributed by atoms with van der Waals surface area (Å²) in [5, 5.41) is 14.9. The Hall–Kier alpha value is -2.25. The van der Waals surface area contributed by atoms with Gasteiger partial charge in [-0.1, -0.05) is 30.3 Å². The van der Waals surface area contributed by atoms with Gasteiger partial charge < -0.3 is 0 Å². The van der Waals surface area contributed by atoms with Crippen molar-refractivity contribution in [3.63, 3.8) is 0 Å². The molecule has 0 radical (unpaired) electrons. The molecular formula is C15H12N3S+. The molecule has 0 aliphatic carbocycles.